The first-order valence-corrected chi connectivity index (χ1v) is 5.56. The molecule has 1 saturated heterocycles. The fourth-order valence-electron chi connectivity index (χ4n) is 1.62. The minimum atomic E-state index is -0.368. The lowest BCUT2D eigenvalue weighted by molar-refractivity contribution is -0.0318. The maximum atomic E-state index is 9.09. The van der Waals surface area contributed by atoms with Gasteiger partial charge in [0.05, 0.1) is 25.2 Å². The Morgan fingerprint density at radius 2 is 2.44 bits per heavy atom. The van der Waals surface area contributed by atoms with Crippen molar-refractivity contribution in [2.24, 2.45) is 15.9 Å². The van der Waals surface area contributed by atoms with Gasteiger partial charge in [0.1, 0.15) is 18.4 Å². The van der Waals surface area contributed by atoms with Gasteiger partial charge in [0.2, 0.25) is 0 Å². The Hall–Kier alpha value is -1.44. The van der Waals surface area contributed by atoms with Crippen LogP contribution in [0.25, 0.3) is 0 Å². The molecular weight excluding hydrogens is 238 g/mol. The monoisotopic (exact) mass is 257 g/mol. The SMILES string of the molecule is C=COCC(/C=N/C1CC(OC)C(CO)O1)=N/N. The van der Waals surface area contributed by atoms with E-state index in [1.54, 1.807) is 7.11 Å². The summed E-state index contributed by atoms with van der Waals surface area (Å²) in [6.45, 7) is 3.52. The standard InChI is InChI=1S/C11H19N3O4/c1-3-17-7-8(14-12)5-13-11-4-9(16-2)10(6-15)18-11/h3,5,9-11,15H,1,4,6-7,12H2,2H3/b13-5+,14-8+. The largest absolute Gasteiger partial charge is 0.495 e. The molecule has 0 aromatic heterocycles. The highest BCUT2D eigenvalue weighted by Gasteiger charge is 2.34. The van der Waals surface area contributed by atoms with Crippen LogP contribution in [-0.4, -0.2) is 55.8 Å². The molecule has 0 aromatic rings. The smallest absolute Gasteiger partial charge is 0.151 e. The van der Waals surface area contributed by atoms with Crippen LogP contribution >= 0.6 is 0 Å². The van der Waals surface area contributed by atoms with Crippen molar-refractivity contribution in [3.63, 3.8) is 0 Å². The highest BCUT2D eigenvalue weighted by molar-refractivity contribution is 6.31. The van der Waals surface area contributed by atoms with Crippen LogP contribution in [0.3, 0.4) is 0 Å². The number of methoxy groups -OCH3 is 1. The van der Waals surface area contributed by atoms with Crippen LogP contribution in [0.15, 0.2) is 22.9 Å². The van der Waals surface area contributed by atoms with E-state index in [1.165, 1.54) is 12.5 Å². The zero-order valence-electron chi connectivity index (χ0n) is 10.4. The van der Waals surface area contributed by atoms with Gasteiger partial charge in [-0.3, -0.25) is 4.99 Å². The van der Waals surface area contributed by atoms with Crippen LogP contribution in [0.5, 0.6) is 0 Å². The normalized spacial score (nSPS) is 28.8. The van der Waals surface area contributed by atoms with Crippen molar-refractivity contribution in [2.45, 2.75) is 24.9 Å². The summed E-state index contributed by atoms with van der Waals surface area (Å²) in [6.07, 6.45) is 2.50. The molecule has 18 heavy (non-hydrogen) atoms. The molecular formula is C11H19N3O4. The summed E-state index contributed by atoms with van der Waals surface area (Å²) in [6, 6.07) is 0. The predicted octanol–water partition coefficient (Wildman–Crippen LogP) is -0.346. The van der Waals surface area contributed by atoms with E-state index in [0.29, 0.717) is 12.1 Å². The van der Waals surface area contributed by atoms with Crippen molar-refractivity contribution in [3.05, 3.63) is 12.8 Å². The number of aliphatic hydroxyl groups is 1. The van der Waals surface area contributed by atoms with Crippen molar-refractivity contribution < 1.29 is 19.3 Å². The molecule has 1 aliphatic heterocycles. The molecule has 0 aliphatic carbocycles. The summed E-state index contributed by atoms with van der Waals surface area (Å²) in [7, 11) is 1.58. The van der Waals surface area contributed by atoms with Gasteiger partial charge in [-0.25, -0.2) is 0 Å². The van der Waals surface area contributed by atoms with E-state index in [4.69, 9.17) is 25.2 Å². The predicted molar refractivity (Wildman–Crippen MR) is 67.4 cm³/mol. The number of hydrogen-bond donors (Lipinski definition) is 2. The molecule has 0 aromatic carbocycles. The summed E-state index contributed by atoms with van der Waals surface area (Å²) < 4.78 is 15.6. The van der Waals surface area contributed by atoms with Crippen LogP contribution in [0, 0.1) is 0 Å². The lowest BCUT2D eigenvalue weighted by atomic mass is 10.2. The summed E-state index contributed by atoms with van der Waals surface area (Å²) in [4.78, 5) is 4.18. The highest BCUT2D eigenvalue weighted by atomic mass is 16.6. The van der Waals surface area contributed by atoms with E-state index in [2.05, 4.69) is 16.7 Å². The molecule has 3 N–H and O–H groups in total. The molecule has 3 unspecified atom stereocenters. The topological polar surface area (TPSA) is 98.7 Å². The quantitative estimate of drug-likeness (QED) is 0.281. The van der Waals surface area contributed by atoms with E-state index < -0.39 is 0 Å². The van der Waals surface area contributed by atoms with Gasteiger partial charge in [-0.1, -0.05) is 6.58 Å². The van der Waals surface area contributed by atoms with Crippen LogP contribution < -0.4 is 5.84 Å². The molecule has 0 saturated carbocycles. The average Bonchev–Trinajstić information content (AvgIpc) is 2.81. The highest BCUT2D eigenvalue weighted by Crippen LogP contribution is 2.23. The molecule has 0 bridgehead atoms. The third-order valence-corrected chi connectivity index (χ3v) is 2.57. The fourth-order valence-corrected chi connectivity index (χ4v) is 1.62. The summed E-state index contributed by atoms with van der Waals surface area (Å²) in [5.41, 5.74) is 0.472. The average molecular weight is 257 g/mol. The van der Waals surface area contributed by atoms with Crippen molar-refractivity contribution in [1.82, 2.24) is 0 Å². The first-order valence-electron chi connectivity index (χ1n) is 5.56. The molecule has 3 atom stereocenters. The molecule has 1 heterocycles. The molecule has 0 spiro atoms. The van der Waals surface area contributed by atoms with E-state index >= 15 is 0 Å². The Morgan fingerprint density at radius 1 is 1.67 bits per heavy atom. The fraction of sp³-hybridized carbons (Fsp3) is 0.636. The van der Waals surface area contributed by atoms with Gasteiger partial charge in [-0.2, -0.15) is 5.10 Å². The van der Waals surface area contributed by atoms with Crippen molar-refractivity contribution in [1.29, 1.82) is 0 Å². The Kier molecular flexibility index (Phi) is 6.34. The van der Waals surface area contributed by atoms with E-state index in [9.17, 15) is 0 Å². The van der Waals surface area contributed by atoms with Crippen molar-refractivity contribution >= 4 is 11.9 Å². The Labute approximate surface area is 106 Å². The Morgan fingerprint density at radius 3 is 2.94 bits per heavy atom. The Balaban J connectivity index is 2.49. The maximum Gasteiger partial charge on any atom is 0.151 e. The van der Waals surface area contributed by atoms with E-state index in [-0.39, 0.29) is 31.6 Å². The van der Waals surface area contributed by atoms with Gasteiger partial charge >= 0.3 is 0 Å². The number of nitrogens with two attached hydrogens (primary N) is 1. The van der Waals surface area contributed by atoms with E-state index in [0.717, 1.165) is 0 Å². The van der Waals surface area contributed by atoms with Crippen LogP contribution in [0.4, 0.5) is 0 Å². The van der Waals surface area contributed by atoms with Crippen LogP contribution in [-0.2, 0) is 14.2 Å². The van der Waals surface area contributed by atoms with E-state index in [1.807, 2.05) is 0 Å². The summed E-state index contributed by atoms with van der Waals surface area (Å²) in [5.74, 6) is 5.18. The second-order valence-corrected chi connectivity index (χ2v) is 3.70. The molecule has 0 amide bonds. The van der Waals surface area contributed by atoms with Gasteiger partial charge in [-0.05, 0) is 0 Å². The first-order chi connectivity index (χ1) is 8.74. The number of aliphatic hydroxyl groups excluding tert-OH is 1. The summed E-state index contributed by atoms with van der Waals surface area (Å²) in [5, 5.41) is 12.6. The van der Waals surface area contributed by atoms with Gasteiger partial charge in [0, 0.05) is 13.5 Å². The number of nitrogens with zero attached hydrogens (tertiary/aromatic N) is 2. The van der Waals surface area contributed by atoms with Gasteiger partial charge in [0.15, 0.2) is 6.23 Å². The molecule has 1 fully saturated rings. The third-order valence-electron chi connectivity index (χ3n) is 2.57. The minimum absolute atomic E-state index is 0.0953. The zero-order chi connectivity index (χ0) is 13.4. The second kappa shape index (κ2) is 7.80. The second-order valence-electron chi connectivity index (χ2n) is 3.70. The lowest BCUT2D eigenvalue weighted by Gasteiger charge is -2.12. The number of aliphatic imine (C=N–C) groups is 1. The van der Waals surface area contributed by atoms with Crippen LogP contribution in [0.1, 0.15) is 6.42 Å². The molecule has 1 aliphatic rings. The lowest BCUT2D eigenvalue weighted by Crippen LogP contribution is -2.26. The Bertz CT molecular complexity index is 307. The number of ether oxygens (including phenoxy) is 3. The molecule has 7 heteroatoms. The number of hydrogen-bond acceptors (Lipinski definition) is 7. The first kappa shape index (κ1) is 14.6. The summed E-state index contributed by atoms with van der Waals surface area (Å²) >= 11 is 0. The molecule has 102 valence electrons. The molecule has 7 nitrogen and oxygen atoms in total. The zero-order valence-corrected chi connectivity index (χ0v) is 10.4. The third kappa shape index (κ3) is 4.10. The minimum Gasteiger partial charge on any atom is -0.495 e. The van der Waals surface area contributed by atoms with Crippen LogP contribution in [0.2, 0.25) is 0 Å². The molecule has 1 rings (SSSR count). The molecule has 0 radical (unpaired) electrons. The number of hydrazone groups is 1. The van der Waals surface area contributed by atoms with Crippen molar-refractivity contribution in [3.8, 4) is 0 Å². The van der Waals surface area contributed by atoms with Gasteiger partial charge in [0.25, 0.3) is 0 Å². The van der Waals surface area contributed by atoms with Crippen molar-refractivity contribution in [2.75, 3.05) is 20.3 Å². The maximum absolute atomic E-state index is 9.09. The van der Waals surface area contributed by atoms with Gasteiger partial charge in [-0.15, -0.1) is 0 Å². The number of rotatable bonds is 7. The van der Waals surface area contributed by atoms with Gasteiger partial charge < -0.3 is 25.2 Å².